The Hall–Kier alpha value is -1.44. The SMILES string of the molecule is CN1CCc2cc(OC(=O)NS(=O)O)ccc2C1. The highest BCUT2D eigenvalue weighted by Crippen LogP contribution is 2.23. The van der Waals surface area contributed by atoms with Gasteiger partial charge in [-0.15, -0.1) is 0 Å². The van der Waals surface area contributed by atoms with E-state index >= 15 is 0 Å². The third-order valence-corrected chi connectivity index (χ3v) is 3.10. The predicted octanol–water partition coefficient (Wildman–Crippen LogP) is 0.900. The van der Waals surface area contributed by atoms with Gasteiger partial charge in [-0.2, -0.15) is 0 Å². The summed E-state index contributed by atoms with van der Waals surface area (Å²) in [5.74, 6) is 0.376. The second-order valence-corrected chi connectivity index (χ2v) is 4.86. The van der Waals surface area contributed by atoms with Crippen molar-refractivity contribution in [2.75, 3.05) is 13.6 Å². The number of nitrogens with zero attached hydrogens (tertiary/aromatic N) is 1. The standard InChI is InChI=1S/C11H14N2O4S/c1-13-5-4-8-6-10(3-2-9(8)7-13)17-11(14)12-18(15)16/h2-3,6H,4-5,7H2,1H3,(H,12,14)(H,15,16). The molecule has 7 heteroatoms. The smallest absolute Gasteiger partial charge is 0.410 e. The normalized spacial score (nSPS) is 16.8. The highest BCUT2D eigenvalue weighted by Gasteiger charge is 2.14. The van der Waals surface area contributed by atoms with Crippen molar-refractivity contribution >= 4 is 17.4 Å². The number of likely N-dealkylation sites (N-methyl/N-ethyl adjacent to an activating group) is 1. The molecule has 0 aliphatic carbocycles. The third kappa shape index (κ3) is 3.28. The Morgan fingerprint density at radius 3 is 3.00 bits per heavy atom. The summed E-state index contributed by atoms with van der Waals surface area (Å²) in [6.07, 6.45) is -0.0416. The molecular weight excluding hydrogens is 256 g/mol. The van der Waals surface area contributed by atoms with Gasteiger partial charge in [-0.3, -0.25) is 4.55 Å². The molecule has 0 spiro atoms. The first kappa shape index (κ1) is 13.0. The number of carbonyl (C=O) groups excluding carboxylic acids is 1. The van der Waals surface area contributed by atoms with Gasteiger partial charge in [0.1, 0.15) is 5.75 Å². The summed E-state index contributed by atoms with van der Waals surface area (Å²) in [4.78, 5) is 13.4. The van der Waals surface area contributed by atoms with Gasteiger partial charge in [0.25, 0.3) is 11.3 Å². The van der Waals surface area contributed by atoms with Gasteiger partial charge in [0.05, 0.1) is 0 Å². The van der Waals surface area contributed by atoms with Crippen LogP contribution in [0.25, 0.3) is 0 Å². The lowest BCUT2D eigenvalue weighted by molar-refractivity contribution is 0.206. The van der Waals surface area contributed by atoms with Crippen LogP contribution >= 0.6 is 0 Å². The van der Waals surface area contributed by atoms with Gasteiger partial charge in [0, 0.05) is 13.1 Å². The molecule has 1 aliphatic rings. The fraction of sp³-hybridized carbons (Fsp3) is 0.364. The number of carbonyl (C=O) groups is 1. The van der Waals surface area contributed by atoms with Crippen LogP contribution in [-0.2, 0) is 24.2 Å². The molecule has 2 N–H and O–H groups in total. The molecule has 1 atom stereocenters. The molecule has 1 unspecified atom stereocenters. The largest absolute Gasteiger partial charge is 0.426 e. The minimum atomic E-state index is -2.41. The minimum Gasteiger partial charge on any atom is -0.410 e. The second kappa shape index (κ2) is 5.47. The van der Waals surface area contributed by atoms with Gasteiger partial charge >= 0.3 is 6.09 Å². The summed E-state index contributed by atoms with van der Waals surface area (Å²) in [5, 5.41) is 0. The number of hydrogen-bond donors (Lipinski definition) is 2. The van der Waals surface area contributed by atoms with E-state index in [0.717, 1.165) is 25.1 Å². The molecule has 1 amide bonds. The van der Waals surface area contributed by atoms with E-state index in [0.29, 0.717) is 5.75 Å². The zero-order chi connectivity index (χ0) is 13.1. The van der Waals surface area contributed by atoms with Crippen molar-refractivity contribution in [2.45, 2.75) is 13.0 Å². The average Bonchev–Trinajstić information content (AvgIpc) is 2.28. The van der Waals surface area contributed by atoms with E-state index in [1.54, 1.807) is 16.9 Å². The molecule has 1 aromatic carbocycles. The molecule has 0 saturated carbocycles. The van der Waals surface area contributed by atoms with Crippen LogP contribution in [0.15, 0.2) is 18.2 Å². The number of nitrogens with one attached hydrogen (secondary N) is 1. The van der Waals surface area contributed by atoms with Crippen LogP contribution in [0.4, 0.5) is 4.79 Å². The van der Waals surface area contributed by atoms with E-state index in [-0.39, 0.29) is 0 Å². The summed E-state index contributed by atoms with van der Waals surface area (Å²) < 4.78 is 25.5. The van der Waals surface area contributed by atoms with Crippen molar-refractivity contribution in [3.8, 4) is 5.75 Å². The molecular formula is C11H14N2O4S. The predicted molar refractivity (Wildman–Crippen MR) is 66.4 cm³/mol. The van der Waals surface area contributed by atoms with Crippen LogP contribution < -0.4 is 9.46 Å². The lowest BCUT2D eigenvalue weighted by Crippen LogP contribution is -2.29. The Morgan fingerprint density at radius 1 is 1.50 bits per heavy atom. The van der Waals surface area contributed by atoms with Crippen molar-refractivity contribution in [1.29, 1.82) is 0 Å². The van der Waals surface area contributed by atoms with Gasteiger partial charge < -0.3 is 9.64 Å². The quantitative estimate of drug-likeness (QED) is 0.781. The fourth-order valence-electron chi connectivity index (χ4n) is 1.93. The van der Waals surface area contributed by atoms with Gasteiger partial charge in [-0.05, 0) is 36.7 Å². The minimum absolute atomic E-state index is 0.376. The lowest BCUT2D eigenvalue weighted by Gasteiger charge is -2.25. The number of fused-ring (bicyclic) bond motifs is 1. The molecule has 98 valence electrons. The molecule has 18 heavy (non-hydrogen) atoms. The van der Waals surface area contributed by atoms with Gasteiger partial charge in [0.15, 0.2) is 0 Å². The average molecular weight is 270 g/mol. The highest BCUT2D eigenvalue weighted by atomic mass is 32.2. The molecule has 1 aliphatic heterocycles. The van der Waals surface area contributed by atoms with Crippen LogP contribution in [0.2, 0.25) is 0 Å². The lowest BCUT2D eigenvalue weighted by atomic mass is 10.00. The van der Waals surface area contributed by atoms with Crippen LogP contribution in [0, 0.1) is 0 Å². The first-order valence-electron chi connectivity index (χ1n) is 5.44. The van der Waals surface area contributed by atoms with Crippen LogP contribution in [0.5, 0.6) is 5.75 Å². The molecule has 0 saturated heterocycles. The van der Waals surface area contributed by atoms with Gasteiger partial charge in [-0.25, -0.2) is 13.7 Å². The summed E-state index contributed by atoms with van der Waals surface area (Å²) in [6.45, 7) is 1.84. The Labute approximate surface area is 107 Å². The number of amides is 1. The molecule has 0 radical (unpaired) electrons. The van der Waals surface area contributed by atoms with E-state index in [4.69, 9.17) is 9.29 Å². The topological polar surface area (TPSA) is 78.9 Å². The molecule has 0 bridgehead atoms. The first-order valence-corrected chi connectivity index (χ1v) is 6.55. The second-order valence-electron chi connectivity index (χ2n) is 4.16. The van der Waals surface area contributed by atoms with Crippen LogP contribution in [-0.4, -0.2) is 33.3 Å². The molecule has 1 heterocycles. The molecule has 1 aromatic rings. The maximum absolute atomic E-state index is 11.1. The van der Waals surface area contributed by atoms with Crippen molar-refractivity contribution < 1.29 is 18.3 Å². The highest BCUT2D eigenvalue weighted by molar-refractivity contribution is 7.77. The van der Waals surface area contributed by atoms with Crippen LogP contribution in [0.3, 0.4) is 0 Å². The van der Waals surface area contributed by atoms with Crippen molar-refractivity contribution in [2.24, 2.45) is 0 Å². The maximum Gasteiger partial charge on any atom is 0.426 e. The molecule has 6 nitrogen and oxygen atoms in total. The number of benzene rings is 1. The number of rotatable bonds is 2. The Bertz CT molecular complexity index is 492. The van der Waals surface area contributed by atoms with Gasteiger partial charge in [-0.1, -0.05) is 6.07 Å². The third-order valence-electron chi connectivity index (χ3n) is 2.76. The fourth-order valence-corrected chi connectivity index (χ4v) is 2.12. The summed E-state index contributed by atoms with van der Waals surface area (Å²) in [6, 6.07) is 5.38. The summed E-state index contributed by atoms with van der Waals surface area (Å²) in [7, 11) is 2.05. The molecule has 0 aromatic heterocycles. The Morgan fingerprint density at radius 2 is 2.28 bits per heavy atom. The zero-order valence-electron chi connectivity index (χ0n) is 9.88. The van der Waals surface area contributed by atoms with Crippen molar-refractivity contribution in [1.82, 2.24) is 9.62 Å². The van der Waals surface area contributed by atoms with Crippen molar-refractivity contribution in [3.63, 3.8) is 0 Å². The Balaban J connectivity index is 2.07. The van der Waals surface area contributed by atoms with Crippen LogP contribution in [0.1, 0.15) is 11.1 Å². The van der Waals surface area contributed by atoms with E-state index in [1.807, 2.05) is 6.07 Å². The monoisotopic (exact) mass is 270 g/mol. The molecule has 2 rings (SSSR count). The first-order chi connectivity index (χ1) is 8.54. The van der Waals surface area contributed by atoms with E-state index in [2.05, 4.69) is 11.9 Å². The molecule has 0 fully saturated rings. The van der Waals surface area contributed by atoms with E-state index in [9.17, 15) is 9.00 Å². The van der Waals surface area contributed by atoms with E-state index < -0.39 is 17.4 Å². The maximum atomic E-state index is 11.1. The zero-order valence-corrected chi connectivity index (χ0v) is 10.7. The number of hydrogen-bond acceptors (Lipinski definition) is 4. The summed E-state index contributed by atoms with van der Waals surface area (Å²) >= 11 is -2.41. The van der Waals surface area contributed by atoms with E-state index in [1.165, 1.54) is 5.56 Å². The Kier molecular flexibility index (Phi) is 3.95. The number of ether oxygens (including phenoxy) is 1. The van der Waals surface area contributed by atoms with Crippen molar-refractivity contribution in [3.05, 3.63) is 29.3 Å². The summed E-state index contributed by atoms with van der Waals surface area (Å²) in [5.41, 5.74) is 2.35. The van der Waals surface area contributed by atoms with Gasteiger partial charge in [0.2, 0.25) is 0 Å².